The number of halogens is 5. The summed E-state index contributed by atoms with van der Waals surface area (Å²) in [5.74, 6) is -8.45. The van der Waals surface area contributed by atoms with E-state index in [1.807, 2.05) is 0 Å². The highest BCUT2D eigenvalue weighted by molar-refractivity contribution is 5.95. The molecule has 0 bridgehead atoms. The van der Waals surface area contributed by atoms with E-state index in [-0.39, 0.29) is 17.1 Å². The predicted octanol–water partition coefficient (Wildman–Crippen LogP) is 2.94. The van der Waals surface area contributed by atoms with Gasteiger partial charge in [-0.05, 0) is 13.0 Å². The van der Waals surface area contributed by atoms with Crippen LogP contribution in [0.1, 0.15) is 35.8 Å². The molecule has 33 heavy (non-hydrogen) atoms. The van der Waals surface area contributed by atoms with Gasteiger partial charge in [0.1, 0.15) is 11.8 Å². The molecule has 1 fully saturated rings. The van der Waals surface area contributed by atoms with E-state index in [1.165, 1.54) is 6.92 Å². The van der Waals surface area contributed by atoms with Crippen LogP contribution in [-0.2, 0) is 9.53 Å². The van der Waals surface area contributed by atoms with E-state index in [0.717, 1.165) is 38.6 Å². The first kappa shape index (κ1) is 24.3. The molecule has 3 rings (SSSR count). The molecule has 13 heteroatoms. The van der Waals surface area contributed by atoms with Gasteiger partial charge in [-0.15, -0.1) is 0 Å². The number of hydrogen-bond donors (Lipinski definition) is 2. The third-order valence-electron chi connectivity index (χ3n) is 5.71. The van der Waals surface area contributed by atoms with Crippen LogP contribution in [0.5, 0.6) is 5.75 Å². The van der Waals surface area contributed by atoms with Crippen LogP contribution in [0.2, 0.25) is 0 Å². The first-order chi connectivity index (χ1) is 15.3. The van der Waals surface area contributed by atoms with Crippen molar-refractivity contribution in [2.75, 3.05) is 12.4 Å². The maximum Gasteiger partial charge on any atom is 0.417 e. The molecule has 2 heterocycles. The van der Waals surface area contributed by atoms with Crippen molar-refractivity contribution in [3.05, 3.63) is 47.4 Å². The van der Waals surface area contributed by atoms with E-state index < -0.39 is 58.9 Å². The Morgan fingerprint density at radius 1 is 1.24 bits per heavy atom. The van der Waals surface area contributed by atoms with E-state index in [0.29, 0.717) is 0 Å². The Bertz CT molecular complexity index is 1100. The van der Waals surface area contributed by atoms with Crippen LogP contribution in [-0.4, -0.2) is 46.8 Å². The van der Waals surface area contributed by atoms with Crippen molar-refractivity contribution < 1.29 is 41.0 Å². The molecule has 1 aromatic carbocycles. The molecule has 1 saturated heterocycles. The Labute approximate surface area is 184 Å². The van der Waals surface area contributed by atoms with Crippen LogP contribution >= 0.6 is 0 Å². The van der Waals surface area contributed by atoms with Crippen LogP contribution in [0, 0.1) is 17.6 Å². The van der Waals surface area contributed by atoms with E-state index in [1.54, 1.807) is 0 Å². The van der Waals surface area contributed by atoms with Crippen molar-refractivity contribution in [2.45, 2.75) is 37.6 Å². The number of ether oxygens (including phenoxy) is 2. The van der Waals surface area contributed by atoms with Crippen LogP contribution < -0.4 is 15.8 Å². The lowest BCUT2D eigenvalue weighted by molar-refractivity contribution is -0.272. The summed E-state index contributed by atoms with van der Waals surface area (Å²) in [7, 11) is 1.02. The predicted molar refractivity (Wildman–Crippen MR) is 103 cm³/mol. The summed E-state index contributed by atoms with van der Waals surface area (Å²) >= 11 is 0. The van der Waals surface area contributed by atoms with Crippen molar-refractivity contribution >= 4 is 17.6 Å². The highest BCUT2D eigenvalue weighted by atomic mass is 19.4. The summed E-state index contributed by atoms with van der Waals surface area (Å²) in [6.07, 6.45) is -4.65. The molecule has 2 aromatic rings. The minimum atomic E-state index is -4.91. The van der Waals surface area contributed by atoms with Gasteiger partial charge in [0.2, 0.25) is 5.82 Å². The van der Waals surface area contributed by atoms with Crippen LogP contribution in [0.15, 0.2) is 24.5 Å². The van der Waals surface area contributed by atoms with Crippen molar-refractivity contribution in [1.29, 1.82) is 0 Å². The highest BCUT2D eigenvalue weighted by Crippen LogP contribution is 2.54. The smallest absolute Gasteiger partial charge is 0.417 e. The number of nitrogens with two attached hydrogens (primary N) is 1. The number of benzene rings is 1. The van der Waals surface area contributed by atoms with Gasteiger partial charge in [0.15, 0.2) is 23.0 Å². The summed E-state index contributed by atoms with van der Waals surface area (Å²) < 4.78 is 79.9. The zero-order valence-corrected chi connectivity index (χ0v) is 17.5. The Kier molecular flexibility index (Phi) is 6.29. The summed E-state index contributed by atoms with van der Waals surface area (Å²) in [4.78, 5) is 31.7. The Morgan fingerprint density at radius 2 is 1.91 bits per heavy atom. The summed E-state index contributed by atoms with van der Waals surface area (Å²) in [5.41, 5.74) is 1.82. The zero-order valence-electron chi connectivity index (χ0n) is 17.5. The largest absolute Gasteiger partial charge is 0.493 e. The molecule has 0 aliphatic carbocycles. The number of methoxy groups -OCH3 is 1. The standard InChI is InChI=1S/C20H19F5N4O4/c1-8-13(9-4-5-10(21)14(22)15(9)32-3)16(33-19(8,2)20(23,24)25)18(31)29-12-7-27-6-11(28-12)17(26)30/h4-8,13,16H,1-3H3,(H2,26,30)(H,28,29,31)/t8-,13+,16-,19-/m0/s1. The third kappa shape index (κ3) is 4.19. The first-order valence-electron chi connectivity index (χ1n) is 9.51. The Balaban J connectivity index is 2.07. The molecule has 4 atom stereocenters. The molecule has 0 unspecified atom stereocenters. The van der Waals surface area contributed by atoms with Gasteiger partial charge in [-0.2, -0.15) is 17.6 Å². The second-order valence-electron chi connectivity index (χ2n) is 7.58. The number of alkyl halides is 3. The average Bonchev–Trinajstić information content (AvgIpc) is 3.02. The highest BCUT2D eigenvalue weighted by Gasteiger charge is 2.65. The topological polar surface area (TPSA) is 116 Å². The van der Waals surface area contributed by atoms with Gasteiger partial charge in [-0.25, -0.2) is 9.37 Å². The number of nitrogens with zero attached hydrogens (tertiary/aromatic N) is 2. The first-order valence-corrected chi connectivity index (χ1v) is 9.51. The molecule has 3 N–H and O–H groups in total. The molecule has 0 saturated carbocycles. The lowest BCUT2D eigenvalue weighted by Crippen LogP contribution is -2.47. The molecule has 0 radical (unpaired) electrons. The maximum absolute atomic E-state index is 14.3. The Morgan fingerprint density at radius 3 is 2.48 bits per heavy atom. The molecule has 1 aliphatic rings. The number of anilines is 1. The average molecular weight is 474 g/mol. The monoisotopic (exact) mass is 474 g/mol. The van der Waals surface area contributed by atoms with Gasteiger partial charge in [-0.1, -0.05) is 13.0 Å². The molecule has 1 aliphatic heterocycles. The number of hydrogen-bond acceptors (Lipinski definition) is 6. The maximum atomic E-state index is 14.3. The van der Waals surface area contributed by atoms with E-state index >= 15 is 0 Å². The van der Waals surface area contributed by atoms with Crippen LogP contribution in [0.3, 0.4) is 0 Å². The summed E-state index contributed by atoms with van der Waals surface area (Å²) in [5, 5.41) is 2.23. The minimum Gasteiger partial charge on any atom is -0.493 e. The van der Waals surface area contributed by atoms with E-state index in [4.69, 9.17) is 15.2 Å². The SMILES string of the molecule is COc1c([C@@H]2[C@@H](C(=O)Nc3cncc(C(N)=O)n3)O[C@](C)(C(F)(F)F)[C@H]2C)ccc(F)c1F. The number of amides is 2. The number of aromatic nitrogens is 2. The number of carbonyl (C=O) groups excluding carboxylic acids is 2. The number of nitrogens with one attached hydrogen (secondary N) is 1. The van der Waals surface area contributed by atoms with Crippen molar-refractivity contribution in [3.8, 4) is 5.75 Å². The lowest BCUT2D eigenvalue weighted by atomic mass is 9.77. The normalized spacial score (nSPS) is 25.0. The fourth-order valence-electron chi connectivity index (χ4n) is 3.78. The van der Waals surface area contributed by atoms with Crippen LogP contribution in [0.25, 0.3) is 0 Å². The molecule has 178 valence electrons. The second kappa shape index (κ2) is 8.54. The lowest BCUT2D eigenvalue weighted by Gasteiger charge is -2.32. The van der Waals surface area contributed by atoms with Crippen molar-refractivity contribution in [1.82, 2.24) is 9.97 Å². The zero-order chi connectivity index (χ0) is 24.7. The van der Waals surface area contributed by atoms with Gasteiger partial charge in [-0.3, -0.25) is 14.6 Å². The Hall–Kier alpha value is -3.35. The molecule has 8 nitrogen and oxygen atoms in total. The minimum absolute atomic E-state index is 0.186. The fourth-order valence-corrected chi connectivity index (χ4v) is 3.78. The quantitative estimate of drug-likeness (QED) is 0.644. The van der Waals surface area contributed by atoms with Gasteiger partial charge in [0, 0.05) is 17.4 Å². The summed E-state index contributed by atoms with van der Waals surface area (Å²) in [6, 6.07) is 1.76. The molecule has 1 aromatic heterocycles. The van der Waals surface area contributed by atoms with Crippen molar-refractivity contribution in [2.24, 2.45) is 11.7 Å². The number of primary amides is 1. The molecular formula is C20H19F5N4O4. The number of carbonyl (C=O) groups is 2. The molecular weight excluding hydrogens is 455 g/mol. The molecule has 2 amide bonds. The van der Waals surface area contributed by atoms with Crippen molar-refractivity contribution in [3.63, 3.8) is 0 Å². The fraction of sp³-hybridized carbons (Fsp3) is 0.400. The molecule has 0 spiro atoms. The van der Waals surface area contributed by atoms with Gasteiger partial charge in [0.05, 0.1) is 19.5 Å². The van der Waals surface area contributed by atoms with Gasteiger partial charge < -0.3 is 20.5 Å². The summed E-state index contributed by atoms with van der Waals surface area (Å²) in [6.45, 7) is 1.94. The van der Waals surface area contributed by atoms with E-state index in [2.05, 4.69) is 15.3 Å². The van der Waals surface area contributed by atoms with Crippen LogP contribution in [0.4, 0.5) is 27.8 Å². The number of rotatable bonds is 5. The van der Waals surface area contributed by atoms with Gasteiger partial charge >= 0.3 is 6.18 Å². The third-order valence-corrected chi connectivity index (χ3v) is 5.71. The second-order valence-corrected chi connectivity index (χ2v) is 7.58. The van der Waals surface area contributed by atoms with E-state index in [9.17, 15) is 31.5 Å². The van der Waals surface area contributed by atoms with Gasteiger partial charge in [0.25, 0.3) is 11.8 Å².